The second-order valence-electron chi connectivity index (χ2n) is 7.91. The molecule has 0 unspecified atom stereocenters. The fraction of sp³-hybridized carbons (Fsp3) is 0.417. The molecule has 3 N–H and O–H groups in total. The number of hydrogen-bond donors (Lipinski definition) is 3. The van der Waals surface area contributed by atoms with E-state index in [1.165, 1.54) is 11.3 Å². The van der Waals surface area contributed by atoms with Crippen LogP contribution in [0, 0.1) is 0 Å². The van der Waals surface area contributed by atoms with E-state index in [2.05, 4.69) is 64.9 Å². The number of quaternary nitrogens is 1. The minimum Gasteiger partial charge on any atom is -0.360 e. The Morgan fingerprint density at radius 1 is 1.03 bits per heavy atom. The fourth-order valence-corrected chi connectivity index (χ4v) is 4.02. The summed E-state index contributed by atoms with van der Waals surface area (Å²) in [5.41, 5.74) is 3.53. The number of unbranched alkanes of at least 4 members (excludes halogenated alkanes) is 2. The molecule has 6 heteroatoms. The third kappa shape index (κ3) is 7.11. The van der Waals surface area contributed by atoms with Gasteiger partial charge in [-0.25, -0.2) is 0 Å². The molecule has 0 spiro atoms. The van der Waals surface area contributed by atoms with Crippen LogP contribution >= 0.6 is 12.2 Å². The predicted octanol–water partition coefficient (Wildman–Crippen LogP) is 2.99. The summed E-state index contributed by atoms with van der Waals surface area (Å²) >= 11 is 5.26. The van der Waals surface area contributed by atoms with Gasteiger partial charge in [0.25, 0.3) is 0 Å². The third-order valence-corrected chi connectivity index (χ3v) is 5.72. The van der Waals surface area contributed by atoms with E-state index in [-0.39, 0.29) is 5.91 Å². The van der Waals surface area contributed by atoms with E-state index in [0.717, 1.165) is 57.7 Å². The van der Waals surface area contributed by atoms with Crippen LogP contribution in [0.4, 0.5) is 11.4 Å². The van der Waals surface area contributed by atoms with Crippen molar-refractivity contribution in [2.75, 3.05) is 36.4 Å². The van der Waals surface area contributed by atoms with E-state index in [9.17, 15) is 4.79 Å². The standard InChI is InChI=1S/C24H32N4OS/c1-2-3-5-10-23(29)26-24(30)25-21-11-13-22(14-12-21)28-17-15-27(16-18-28)19-20-8-6-4-7-9-20/h4,6-9,11-14H,2-3,5,10,15-19H2,1H3,(H2,25,26,29,30)/p+1. The Hall–Kier alpha value is -2.44. The van der Waals surface area contributed by atoms with Crippen molar-refractivity contribution in [1.29, 1.82) is 0 Å². The van der Waals surface area contributed by atoms with Crippen molar-refractivity contribution < 1.29 is 9.69 Å². The van der Waals surface area contributed by atoms with Gasteiger partial charge in [-0.2, -0.15) is 0 Å². The summed E-state index contributed by atoms with van der Waals surface area (Å²) in [7, 11) is 0. The second-order valence-corrected chi connectivity index (χ2v) is 8.31. The highest BCUT2D eigenvalue weighted by molar-refractivity contribution is 7.80. The van der Waals surface area contributed by atoms with Crippen LogP contribution in [0.25, 0.3) is 0 Å². The number of rotatable bonds is 8. The molecule has 5 nitrogen and oxygen atoms in total. The first kappa shape index (κ1) is 22.2. The minimum atomic E-state index is -0.0200. The van der Waals surface area contributed by atoms with Crippen LogP contribution in [0.2, 0.25) is 0 Å². The number of nitrogens with one attached hydrogen (secondary N) is 3. The summed E-state index contributed by atoms with van der Waals surface area (Å²) in [4.78, 5) is 15.9. The molecule has 0 bridgehead atoms. The topological polar surface area (TPSA) is 48.8 Å². The van der Waals surface area contributed by atoms with Crippen molar-refractivity contribution in [3.05, 3.63) is 60.2 Å². The smallest absolute Gasteiger partial charge is 0.226 e. The summed E-state index contributed by atoms with van der Waals surface area (Å²) < 4.78 is 0. The lowest BCUT2D eigenvalue weighted by molar-refractivity contribution is -0.914. The maximum Gasteiger partial charge on any atom is 0.226 e. The van der Waals surface area contributed by atoms with E-state index in [1.54, 1.807) is 4.90 Å². The summed E-state index contributed by atoms with van der Waals surface area (Å²) in [5, 5.41) is 6.23. The number of amides is 1. The van der Waals surface area contributed by atoms with Crippen LogP contribution in [-0.2, 0) is 11.3 Å². The number of carbonyl (C=O) groups excluding carboxylic acids is 1. The van der Waals surface area contributed by atoms with Gasteiger partial charge in [0.1, 0.15) is 6.54 Å². The van der Waals surface area contributed by atoms with E-state index in [1.807, 2.05) is 12.1 Å². The van der Waals surface area contributed by atoms with Gasteiger partial charge in [-0.3, -0.25) is 4.79 Å². The summed E-state index contributed by atoms with van der Waals surface area (Å²) in [6.45, 7) is 7.62. The number of piperazine rings is 1. The molecule has 3 rings (SSSR count). The van der Waals surface area contributed by atoms with Crippen molar-refractivity contribution in [3.63, 3.8) is 0 Å². The fourth-order valence-electron chi connectivity index (χ4n) is 3.79. The lowest BCUT2D eigenvalue weighted by atomic mass is 10.2. The molecule has 1 fully saturated rings. The van der Waals surface area contributed by atoms with E-state index in [4.69, 9.17) is 12.2 Å². The lowest BCUT2D eigenvalue weighted by Gasteiger charge is -2.33. The van der Waals surface area contributed by atoms with E-state index in [0.29, 0.717) is 11.5 Å². The average molecular weight is 426 g/mol. The molecule has 30 heavy (non-hydrogen) atoms. The lowest BCUT2D eigenvalue weighted by Crippen LogP contribution is -3.13. The zero-order valence-electron chi connectivity index (χ0n) is 17.8. The van der Waals surface area contributed by atoms with Gasteiger partial charge in [0.05, 0.1) is 26.2 Å². The van der Waals surface area contributed by atoms with Crippen molar-refractivity contribution in [2.24, 2.45) is 0 Å². The Kier molecular flexibility index (Phi) is 8.66. The number of benzene rings is 2. The highest BCUT2D eigenvalue weighted by atomic mass is 32.1. The Morgan fingerprint density at radius 2 is 1.73 bits per heavy atom. The Bertz CT molecular complexity index is 802. The van der Waals surface area contributed by atoms with Crippen molar-refractivity contribution >= 4 is 34.6 Å². The normalized spacial score (nSPS) is 14.4. The van der Waals surface area contributed by atoms with Gasteiger partial charge in [-0.1, -0.05) is 50.1 Å². The number of nitrogens with zero attached hydrogens (tertiary/aromatic N) is 1. The van der Waals surface area contributed by atoms with E-state index >= 15 is 0 Å². The maximum absolute atomic E-state index is 11.9. The van der Waals surface area contributed by atoms with Crippen molar-refractivity contribution in [2.45, 2.75) is 39.2 Å². The zero-order valence-corrected chi connectivity index (χ0v) is 18.6. The molecule has 1 aliphatic rings. The number of hydrogen-bond acceptors (Lipinski definition) is 3. The SMILES string of the molecule is CCCCCC(=O)NC(=S)Nc1ccc(N2CC[NH+](Cc3ccccc3)CC2)cc1. The molecule has 160 valence electrons. The Morgan fingerprint density at radius 3 is 2.40 bits per heavy atom. The first-order valence-electron chi connectivity index (χ1n) is 11.0. The van der Waals surface area contributed by atoms with Gasteiger partial charge in [0.15, 0.2) is 5.11 Å². The first-order chi connectivity index (χ1) is 14.6. The molecule has 0 atom stereocenters. The molecular formula is C24H33N4OS+. The van der Waals surface area contributed by atoms with Crippen LogP contribution in [0.3, 0.4) is 0 Å². The summed E-state index contributed by atoms with van der Waals surface area (Å²) in [5.74, 6) is -0.0200. The molecule has 1 heterocycles. The van der Waals surface area contributed by atoms with Gasteiger partial charge in [0.2, 0.25) is 5.91 Å². The minimum absolute atomic E-state index is 0.0200. The molecule has 0 saturated carbocycles. The third-order valence-electron chi connectivity index (χ3n) is 5.52. The Balaban J connectivity index is 1.42. The quantitative estimate of drug-likeness (QED) is 0.450. The molecule has 0 aliphatic carbocycles. The molecule has 1 saturated heterocycles. The number of anilines is 2. The molecule has 2 aromatic carbocycles. The number of thiocarbonyl (C=S) groups is 1. The largest absolute Gasteiger partial charge is 0.360 e. The van der Waals surface area contributed by atoms with E-state index < -0.39 is 0 Å². The van der Waals surface area contributed by atoms with Crippen LogP contribution < -0.4 is 20.4 Å². The van der Waals surface area contributed by atoms with Crippen LogP contribution in [-0.4, -0.2) is 37.2 Å². The van der Waals surface area contributed by atoms with Gasteiger partial charge < -0.3 is 20.4 Å². The molecule has 1 amide bonds. The summed E-state index contributed by atoms with van der Waals surface area (Å²) in [6, 6.07) is 19.0. The second kappa shape index (κ2) is 11.7. The molecule has 0 aromatic heterocycles. The molecule has 0 radical (unpaired) electrons. The highest BCUT2D eigenvalue weighted by Crippen LogP contribution is 2.18. The summed E-state index contributed by atoms with van der Waals surface area (Å²) in [6.07, 6.45) is 3.59. The maximum atomic E-state index is 11.9. The van der Waals surface area contributed by atoms with Gasteiger partial charge in [-0.05, 0) is 42.9 Å². The highest BCUT2D eigenvalue weighted by Gasteiger charge is 2.20. The molecule has 2 aromatic rings. The van der Waals surface area contributed by atoms with Gasteiger partial charge in [-0.15, -0.1) is 0 Å². The monoisotopic (exact) mass is 425 g/mol. The zero-order chi connectivity index (χ0) is 21.2. The Labute approximate surface area is 185 Å². The van der Waals surface area contributed by atoms with Gasteiger partial charge in [0, 0.05) is 23.4 Å². The molecular weight excluding hydrogens is 392 g/mol. The van der Waals surface area contributed by atoms with Crippen molar-refractivity contribution in [3.8, 4) is 0 Å². The van der Waals surface area contributed by atoms with Crippen LogP contribution in [0.5, 0.6) is 0 Å². The molecule has 1 aliphatic heterocycles. The average Bonchev–Trinajstić information content (AvgIpc) is 2.76. The van der Waals surface area contributed by atoms with Gasteiger partial charge >= 0.3 is 0 Å². The van der Waals surface area contributed by atoms with Crippen LogP contribution in [0.15, 0.2) is 54.6 Å². The number of carbonyl (C=O) groups is 1. The predicted molar refractivity (Wildman–Crippen MR) is 128 cm³/mol. The first-order valence-corrected chi connectivity index (χ1v) is 11.4. The van der Waals surface area contributed by atoms with Crippen molar-refractivity contribution in [1.82, 2.24) is 5.32 Å². The van der Waals surface area contributed by atoms with Crippen LogP contribution in [0.1, 0.15) is 38.2 Å².